The van der Waals surface area contributed by atoms with Crippen LogP contribution in [-0.2, 0) is 27.0 Å². The molecule has 0 radical (unpaired) electrons. The molecule has 4 rings (SSSR count). The number of amides is 2. The predicted octanol–water partition coefficient (Wildman–Crippen LogP) is 6.93. The number of carbonyl (C=O) groups is 3. The van der Waals surface area contributed by atoms with Crippen molar-refractivity contribution in [1.82, 2.24) is 4.90 Å². The first-order chi connectivity index (χ1) is 19.4. The average molecular weight is 565 g/mol. The van der Waals surface area contributed by atoms with Crippen molar-refractivity contribution in [3.05, 3.63) is 111 Å². The second-order valence-electron chi connectivity index (χ2n) is 10.0. The molecule has 6 nitrogen and oxygen atoms in total. The minimum atomic E-state index is -4.50. The number of hydrogen-bond donors (Lipinski definition) is 1. The normalized spacial score (nSPS) is 15.6. The summed E-state index contributed by atoms with van der Waals surface area (Å²) in [6.45, 7) is 7.42. The Morgan fingerprint density at radius 1 is 0.976 bits per heavy atom. The van der Waals surface area contributed by atoms with E-state index >= 15 is 0 Å². The van der Waals surface area contributed by atoms with E-state index in [9.17, 15) is 27.6 Å². The SMILES string of the molecule is CCOC(=O)C1=C(C)N(Cc2cccc(C(=O)Nc3ccc(C)c(C)c3)c2)C(=O)CC1c1ccc(C(F)(F)F)cc1. The number of allylic oxidation sites excluding steroid dienone is 1. The Kier molecular flexibility index (Phi) is 8.66. The fraction of sp³-hybridized carbons (Fsp3) is 0.281. The summed E-state index contributed by atoms with van der Waals surface area (Å²) in [5.41, 5.74) is 4.08. The van der Waals surface area contributed by atoms with Crippen LogP contribution < -0.4 is 5.32 Å². The van der Waals surface area contributed by atoms with Crippen molar-refractivity contribution < 1.29 is 32.3 Å². The molecule has 9 heteroatoms. The van der Waals surface area contributed by atoms with Crippen molar-refractivity contribution >= 4 is 23.5 Å². The van der Waals surface area contributed by atoms with Gasteiger partial charge < -0.3 is 15.0 Å². The maximum absolute atomic E-state index is 13.3. The van der Waals surface area contributed by atoms with Crippen LogP contribution in [0.5, 0.6) is 0 Å². The Morgan fingerprint density at radius 2 is 1.68 bits per heavy atom. The van der Waals surface area contributed by atoms with Crippen LogP contribution in [0.3, 0.4) is 0 Å². The molecule has 1 heterocycles. The van der Waals surface area contributed by atoms with Gasteiger partial charge in [-0.25, -0.2) is 4.79 Å². The molecule has 1 aliphatic heterocycles. The molecule has 2 amide bonds. The summed E-state index contributed by atoms with van der Waals surface area (Å²) in [6.07, 6.45) is -4.62. The maximum Gasteiger partial charge on any atom is 0.416 e. The van der Waals surface area contributed by atoms with E-state index in [2.05, 4.69) is 5.32 Å². The third kappa shape index (κ3) is 6.67. The summed E-state index contributed by atoms with van der Waals surface area (Å²) in [4.78, 5) is 40.8. The number of anilines is 1. The Morgan fingerprint density at radius 3 is 2.32 bits per heavy atom. The van der Waals surface area contributed by atoms with Crippen molar-refractivity contribution in [2.75, 3.05) is 11.9 Å². The molecular formula is C32H31F3N2O4. The number of alkyl halides is 3. The number of hydrogen-bond acceptors (Lipinski definition) is 4. The van der Waals surface area contributed by atoms with Gasteiger partial charge in [0.2, 0.25) is 5.91 Å². The quantitative estimate of drug-likeness (QED) is 0.316. The molecule has 1 aliphatic rings. The standard InChI is InChI=1S/C32H31F3N2O4/c1-5-41-31(40)29-21(4)37(28(38)17-27(29)23-10-12-25(13-11-23)32(33,34)35)18-22-7-6-8-24(16-22)30(39)36-26-14-9-19(2)20(3)15-26/h6-16,27H,5,17-18H2,1-4H3,(H,36,39). The Bertz CT molecular complexity index is 1510. The van der Waals surface area contributed by atoms with Crippen molar-refractivity contribution in [3.8, 4) is 0 Å². The number of esters is 1. The summed E-state index contributed by atoms with van der Waals surface area (Å²) >= 11 is 0. The van der Waals surface area contributed by atoms with E-state index in [1.807, 2.05) is 32.0 Å². The van der Waals surface area contributed by atoms with Gasteiger partial charge in [-0.3, -0.25) is 9.59 Å². The lowest BCUT2D eigenvalue weighted by Gasteiger charge is -2.34. The third-order valence-electron chi connectivity index (χ3n) is 7.25. The monoisotopic (exact) mass is 564 g/mol. The summed E-state index contributed by atoms with van der Waals surface area (Å²) in [6, 6.07) is 17.0. The lowest BCUT2D eigenvalue weighted by Crippen LogP contribution is -2.38. The van der Waals surface area contributed by atoms with Crippen LogP contribution in [0.15, 0.2) is 78.0 Å². The summed E-state index contributed by atoms with van der Waals surface area (Å²) < 4.78 is 44.6. The van der Waals surface area contributed by atoms with E-state index in [-0.39, 0.29) is 37.0 Å². The van der Waals surface area contributed by atoms with Gasteiger partial charge >= 0.3 is 12.1 Å². The highest BCUT2D eigenvalue weighted by Gasteiger charge is 2.37. The van der Waals surface area contributed by atoms with E-state index in [1.54, 1.807) is 38.1 Å². The van der Waals surface area contributed by atoms with Crippen LogP contribution in [0.1, 0.15) is 64.4 Å². The van der Waals surface area contributed by atoms with Gasteiger partial charge in [0.05, 0.1) is 24.3 Å². The van der Waals surface area contributed by atoms with Crippen LogP contribution in [0.25, 0.3) is 0 Å². The van der Waals surface area contributed by atoms with Gasteiger partial charge in [0.1, 0.15) is 0 Å². The fourth-order valence-electron chi connectivity index (χ4n) is 4.88. The summed E-state index contributed by atoms with van der Waals surface area (Å²) in [7, 11) is 0. The molecule has 0 aliphatic carbocycles. The van der Waals surface area contributed by atoms with E-state index in [0.29, 0.717) is 28.1 Å². The zero-order valence-corrected chi connectivity index (χ0v) is 23.3. The first-order valence-electron chi connectivity index (χ1n) is 13.2. The van der Waals surface area contributed by atoms with Crippen molar-refractivity contribution in [2.45, 2.75) is 52.8 Å². The number of aryl methyl sites for hydroxylation is 2. The zero-order valence-electron chi connectivity index (χ0n) is 23.3. The smallest absolute Gasteiger partial charge is 0.416 e. The number of halogens is 3. The average Bonchev–Trinajstić information content (AvgIpc) is 2.92. The minimum absolute atomic E-state index is 0.0953. The highest BCUT2D eigenvalue weighted by atomic mass is 19.4. The molecule has 0 aromatic heterocycles. The summed E-state index contributed by atoms with van der Waals surface area (Å²) in [5, 5.41) is 2.89. The fourth-order valence-corrected chi connectivity index (χ4v) is 4.88. The van der Waals surface area contributed by atoms with Gasteiger partial charge in [0.15, 0.2) is 0 Å². The first kappa shape index (κ1) is 29.6. The minimum Gasteiger partial charge on any atom is -0.463 e. The molecule has 3 aromatic carbocycles. The molecule has 1 unspecified atom stereocenters. The third-order valence-corrected chi connectivity index (χ3v) is 7.25. The van der Waals surface area contributed by atoms with Crippen LogP contribution in [0, 0.1) is 13.8 Å². The lowest BCUT2D eigenvalue weighted by molar-refractivity contribution is -0.140. The van der Waals surface area contributed by atoms with Crippen LogP contribution >= 0.6 is 0 Å². The van der Waals surface area contributed by atoms with Gasteiger partial charge in [-0.05, 0) is 86.3 Å². The van der Waals surface area contributed by atoms with E-state index in [1.165, 1.54) is 17.0 Å². The van der Waals surface area contributed by atoms with E-state index in [4.69, 9.17) is 4.74 Å². The highest BCUT2D eigenvalue weighted by Crippen LogP contribution is 2.39. The van der Waals surface area contributed by atoms with Crippen LogP contribution in [0.2, 0.25) is 0 Å². The highest BCUT2D eigenvalue weighted by molar-refractivity contribution is 6.04. The maximum atomic E-state index is 13.3. The second-order valence-corrected chi connectivity index (χ2v) is 10.0. The predicted molar refractivity (Wildman–Crippen MR) is 149 cm³/mol. The number of rotatable bonds is 7. The molecule has 3 aromatic rings. The van der Waals surface area contributed by atoms with Crippen LogP contribution in [0.4, 0.5) is 18.9 Å². The molecule has 0 saturated heterocycles. The molecule has 1 atom stereocenters. The molecular weight excluding hydrogens is 533 g/mol. The molecule has 214 valence electrons. The second kappa shape index (κ2) is 12.0. The van der Waals surface area contributed by atoms with Gasteiger partial charge in [-0.1, -0.05) is 30.3 Å². The van der Waals surface area contributed by atoms with Gasteiger partial charge in [-0.15, -0.1) is 0 Å². The van der Waals surface area contributed by atoms with Crippen molar-refractivity contribution in [1.29, 1.82) is 0 Å². The Hall–Kier alpha value is -4.40. The van der Waals surface area contributed by atoms with E-state index in [0.717, 1.165) is 23.3 Å². The number of benzene rings is 3. The lowest BCUT2D eigenvalue weighted by atomic mass is 9.83. The molecule has 0 saturated carbocycles. The first-order valence-corrected chi connectivity index (χ1v) is 13.2. The Balaban J connectivity index is 1.61. The molecule has 0 spiro atoms. The number of nitrogens with zero attached hydrogens (tertiary/aromatic N) is 1. The van der Waals surface area contributed by atoms with Gasteiger partial charge in [0, 0.05) is 29.3 Å². The largest absolute Gasteiger partial charge is 0.463 e. The van der Waals surface area contributed by atoms with E-state index < -0.39 is 23.6 Å². The topological polar surface area (TPSA) is 75.7 Å². The van der Waals surface area contributed by atoms with Gasteiger partial charge in [0.25, 0.3) is 5.91 Å². The number of carbonyl (C=O) groups excluding carboxylic acids is 3. The summed E-state index contributed by atoms with van der Waals surface area (Å²) in [5.74, 6) is -1.99. The van der Waals surface area contributed by atoms with Crippen LogP contribution in [-0.4, -0.2) is 29.3 Å². The molecule has 1 N–H and O–H groups in total. The van der Waals surface area contributed by atoms with Gasteiger partial charge in [-0.2, -0.15) is 13.2 Å². The number of ether oxygens (including phenoxy) is 1. The number of nitrogens with one attached hydrogen (secondary N) is 1. The Labute approximate surface area is 236 Å². The molecule has 41 heavy (non-hydrogen) atoms. The zero-order chi connectivity index (χ0) is 29.9. The molecule has 0 fully saturated rings. The van der Waals surface area contributed by atoms with Crippen molar-refractivity contribution in [3.63, 3.8) is 0 Å². The van der Waals surface area contributed by atoms with Crippen molar-refractivity contribution in [2.24, 2.45) is 0 Å². The molecule has 0 bridgehead atoms.